The molecule has 2 N–H and O–H groups in total. The van der Waals surface area contributed by atoms with Gasteiger partial charge in [0.1, 0.15) is 10.7 Å². The molecule has 0 spiro atoms. The molecule has 0 saturated heterocycles. The molecule has 0 aromatic heterocycles. The third-order valence-corrected chi connectivity index (χ3v) is 5.14. The molecule has 94 valence electrons. The summed E-state index contributed by atoms with van der Waals surface area (Å²) in [6.45, 7) is 0. The molecule has 4 nitrogen and oxygen atoms in total. The molecule has 17 heavy (non-hydrogen) atoms. The van der Waals surface area contributed by atoms with Crippen LogP contribution < -0.4 is 5.73 Å². The fourth-order valence-corrected chi connectivity index (χ4v) is 3.47. The van der Waals surface area contributed by atoms with Crippen LogP contribution in [0.4, 0.5) is 10.1 Å². The van der Waals surface area contributed by atoms with Crippen molar-refractivity contribution in [3.63, 3.8) is 0 Å². The second kappa shape index (κ2) is 4.12. The zero-order valence-electron chi connectivity index (χ0n) is 9.15. The van der Waals surface area contributed by atoms with E-state index in [1.165, 1.54) is 11.4 Å². The molecule has 0 aliphatic heterocycles. The molecule has 1 fully saturated rings. The van der Waals surface area contributed by atoms with Crippen molar-refractivity contribution >= 4 is 27.3 Å². The first-order chi connectivity index (χ1) is 7.84. The molecule has 1 saturated carbocycles. The van der Waals surface area contributed by atoms with Crippen LogP contribution in [0.25, 0.3) is 0 Å². The van der Waals surface area contributed by atoms with Gasteiger partial charge in [0.05, 0.1) is 10.7 Å². The summed E-state index contributed by atoms with van der Waals surface area (Å²) >= 11 is 5.75. The van der Waals surface area contributed by atoms with E-state index in [2.05, 4.69) is 0 Å². The standard InChI is InChI=1S/C10H12ClFN2O2S/c1-14(6-2-3-6)17(15,16)10-5-9(13)8(12)4-7(10)11/h4-6H,2-3,13H2,1H3. The molecule has 0 atom stereocenters. The van der Waals surface area contributed by atoms with Crippen LogP contribution in [0, 0.1) is 5.82 Å². The number of nitrogen functional groups attached to an aromatic ring is 1. The molecular formula is C10H12ClFN2O2S. The molecular weight excluding hydrogens is 267 g/mol. The number of anilines is 1. The molecule has 1 aliphatic carbocycles. The smallest absolute Gasteiger partial charge is 0.244 e. The van der Waals surface area contributed by atoms with Gasteiger partial charge in [0.15, 0.2) is 0 Å². The van der Waals surface area contributed by atoms with Crippen molar-refractivity contribution in [3.8, 4) is 0 Å². The maximum Gasteiger partial charge on any atom is 0.244 e. The van der Waals surface area contributed by atoms with E-state index in [0.29, 0.717) is 0 Å². The number of sulfonamides is 1. The normalized spacial score (nSPS) is 16.5. The Morgan fingerprint density at radius 3 is 2.59 bits per heavy atom. The van der Waals surface area contributed by atoms with E-state index in [0.717, 1.165) is 25.0 Å². The van der Waals surface area contributed by atoms with Crippen LogP contribution in [0.3, 0.4) is 0 Å². The number of hydrogen-bond acceptors (Lipinski definition) is 3. The Bertz CT molecular complexity index is 558. The molecule has 0 amide bonds. The first kappa shape index (κ1) is 12.6. The Kier molecular flexibility index (Phi) is 3.05. The average molecular weight is 279 g/mol. The molecule has 1 aromatic carbocycles. The highest BCUT2D eigenvalue weighted by Gasteiger charge is 2.36. The third kappa shape index (κ3) is 2.25. The number of benzene rings is 1. The maximum atomic E-state index is 13.1. The second-order valence-electron chi connectivity index (χ2n) is 4.06. The van der Waals surface area contributed by atoms with Crippen molar-refractivity contribution in [2.75, 3.05) is 12.8 Å². The lowest BCUT2D eigenvalue weighted by Gasteiger charge is -2.17. The van der Waals surface area contributed by atoms with Crippen molar-refractivity contribution < 1.29 is 12.8 Å². The van der Waals surface area contributed by atoms with E-state index >= 15 is 0 Å². The molecule has 0 unspecified atom stereocenters. The van der Waals surface area contributed by atoms with Crippen molar-refractivity contribution in [1.29, 1.82) is 0 Å². The van der Waals surface area contributed by atoms with E-state index in [4.69, 9.17) is 17.3 Å². The lowest BCUT2D eigenvalue weighted by atomic mass is 10.3. The van der Waals surface area contributed by atoms with Crippen molar-refractivity contribution in [2.45, 2.75) is 23.8 Å². The number of rotatable bonds is 3. The Morgan fingerprint density at radius 1 is 1.47 bits per heavy atom. The quantitative estimate of drug-likeness (QED) is 0.858. The molecule has 0 radical (unpaired) electrons. The van der Waals surface area contributed by atoms with Gasteiger partial charge < -0.3 is 5.73 Å². The van der Waals surface area contributed by atoms with Crippen LogP contribution in [-0.2, 0) is 10.0 Å². The molecule has 1 aliphatic rings. The van der Waals surface area contributed by atoms with Gasteiger partial charge in [-0.2, -0.15) is 4.31 Å². The van der Waals surface area contributed by atoms with E-state index < -0.39 is 15.8 Å². The van der Waals surface area contributed by atoms with E-state index in [9.17, 15) is 12.8 Å². The number of nitrogens with zero attached hydrogens (tertiary/aromatic N) is 1. The zero-order chi connectivity index (χ0) is 12.8. The summed E-state index contributed by atoms with van der Waals surface area (Å²) in [4.78, 5) is -0.146. The highest BCUT2D eigenvalue weighted by atomic mass is 35.5. The number of hydrogen-bond donors (Lipinski definition) is 1. The summed E-state index contributed by atoms with van der Waals surface area (Å²) in [6.07, 6.45) is 1.67. The van der Waals surface area contributed by atoms with Crippen molar-refractivity contribution in [3.05, 3.63) is 23.0 Å². The SMILES string of the molecule is CN(C1CC1)S(=O)(=O)c1cc(N)c(F)cc1Cl. The summed E-state index contributed by atoms with van der Waals surface area (Å²) in [6, 6.07) is 2.00. The summed E-state index contributed by atoms with van der Waals surface area (Å²) in [7, 11) is -2.20. The van der Waals surface area contributed by atoms with Crippen LogP contribution in [0.1, 0.15) is 12.8 Å². The number of halogens is 2. The first-order valence-electron chi connectivity index (χ1n) is 5.06. The van der Waals surface area contributed by atoms with Gasteiger partial charge in [-0.3, -0.25) is 0 Å². The van der Waals surface area contributed by atoms with E-state index in [1.807, 2.05) is 0 Å². The Balaban J connectivity index is 2.49. The number of nitrogens with two attached hydrogens (primary N) is 1. The topological polar surface area (TPSA) is 63.4 Å². The largest absolute Gasteiger partial charge is 0.396 e. The minimum absolute atomic E-state index is 0.0161. The predicted molar refractivity (Wildman–Crippen MR) is 63.8 cm³/mol. The van der Waals surface area contributed by atoms with E-state index in [1.54, 1.807) is 0 Å². The Labute approximate surface area is 104 Å². The molecule has 2 rings (SSSR count). The summed E-state index contributed by atoms with van der Waals surface area (Å²) < 4.78 is 38.7. The Hall–Kier alpha value is -0.850. The lowest BCUT2D eigenvalue weighted by Crippen LogP contribution is -2.29. The second-order valence-corrected chi connectivity index (χ2v) is 6.43. The molecule has 7 heteroatoms. The monoisotopic (exact) mass is 278 g/mol. The van der Waals surface area contributed by atoms with Crippen LogP contribution in [-0.4, -0.2) is 25.8 Å². The minimum Gasteiger partial charge on any atom is -0.396 e. The third-order valence-electron chi connectivity index (χ3n) is 2.77. The van der Waals surface area contributed by atoms with Gasteiger partial charge in [-0.15, -0.1) is 0 Å². The minimum atomic E-state index is -3.69. The predicted octanol–water partition coefficient (Wildman–Crippen LogP) is 1.84. The maximum absolute atomic E-state index is 13.1. The van der Waals surface area contributed by atoms with Gasteiger partial charge in [-0.05, 0) is 25.0 Å². The van der Waals surface area contributed by atoms with Crippen molar-refractivity contribution in [2.24, 2.45) is 0 Å². The highest BCUT2D eigenvalue weighted by Crippen LogP contribution is 2.34. The fourth-order valence-electron chi connectivity index (χ4n) is 1.53. The molecule has 1 aromatic rings. The Morgan fingerprint density at radius 2 is 2.06 bits per heavy atom. The summed E-state index contributed by atoms with van der Waals surface area (Å²) in [5.74, 6) is -0.719. The van der Waals surface area contributed by atoms with Gasteiger partial charge in [-0.25, -0.2) is 12.8 Å². The first-order valence-corrected chi connectivity index (χ1v) is 6.88. The van der Waals surface area contributed by atoms with E-state index in [-0.39, 0.29) is 21.6 Å². The van der Waals surface area contributed by atoms with Gasteiger partial charge in [-0.1, -0.05) is 11.6 Å². The van der Waals surface area contributed by atoms with Crippen LogP contribution in [0.2, 0.25) is 5.02 Å². The van der Waals surface area contributed by atoms with Gasteiger partial charge in [0.25, 0.3) is 0 Å². The van der Waals surface area contributed by atoms with Gasteiger partial charge in [0.2, 0.25) is 10.0 Å². The van der Waals surface area contributed by atoms with Crippen LogP contribution in [0.15, 0.2) is 17.0 Å². The van der Waals surface area contributed by atoms with Gasteiger partial charge in [0, 0.05) is 13.1 Å². The fraction of sp³-hybridized carbons (Fsp3) is 0.400. The summed E-state index contributed by atoms with van der Waals surface area (Å²) in [5.41, 5.74) is 5.14. The highest BCUT2D eigenvalue weighted by molar-refractivity contribution is 7.89. The molecule has 0 bridgehead atoms. The van der Waals surface area contributed by atoms with Gasteiger partial charge >= 0.3 is 0 Å². The summed E-state index contributed by atoms with van der Waals surface area (Å²) in [5, 5.41) is -0.149. The lowest BCUT2D eigenvalue weighted by molar-refractivity contribution is 0.464. The average Bonchev–Trinajstić information content (AvgIpc) is 3.05. The van der Waals surface area contributed by atoms with Crippen LogP contribution in [0.5, 0.6) is 0 Å². The van der Waals surface area contributed by atoms with Crippen LogP contribution >= 0.6 is 11.6 Å². The zero-order valence-corrected chi connectivity index (χ0v) is 10.7. The molecule has 0 heterocycles. The van der Waals surface area contributed by atoms with Crippen molar-refractivity contribution in [1.82, 2.24) is 4.31 Å².